The van der Waals surface area contributed by atoms with Gasteiger partial charge in [-0.05, 0) is 69.1 Å². The summed E-state index contributed by atoms with van der Waals surface area (Å²) in [5.41, 5.74) is 4.81. The lowest BCUT2D eigenvalue weighted by atomic mass is 9.93. The lowest BCUT2D eigenvalue weighted by Gasteiger charge is -2.36. The zero-order valence-corrected chi connectivity index (χ0v) is 21.7. The molecule has 3 N–H and O–H groups in total. The lowest BCUT2D eigenvalue weighted by molar-refractivity contribution is -0.144. The molecule has 2 heterocycles. The van der Waals surface area contributed by atoms with Gasteiger partial charge >= 0.3 is 5.97 Å². The van der Waals surface area contributed by atoms with E-state index in [4.69, 9.17) is 4.98 Å². The van der Waals surface area contributed by atoms with Crippen molar-refractivity contribution in [2.75, 3.05) is 25.0 Å². The summed E-state index contributed by atoms with van der Waals surface area (Å²) >= 11 is 0. The standard InChI is InChI=1S/C29H38N4O4/c1-2-26(34)32-25-12-6-4-10-23(25)27(29(36)37)33-18-15-21(16-19-33)28(35)30-17-7-9-22-14-13-20-8-3-5-11-24(20)31-22/h4,6,10,12-14,21,27H,2-3,5,7-9,11,15-19H2,1H3,(H,30,35)(H,32,34)(H,36,37). The molecule has 0 bridgehead atoms. The number of fused-ring (bicyclic) bond motifs is 1. The van der Waals surface area contributed by atoms with Gasteiger partial charge in [0.15, 0.2) is 0 Å². The van der Waals surface area contributed by atoms with Gasteiger partial charge in [0.25, 0.3) is 0 Å². The normalized spacial score (nSPS) is 17.0. The van der Waals surface area contributed by atoms with Crippen LogP contribution in [0, 0.1) is 5.92 Å². The van der Waals surface area contributed by atoms with Crippen molar-refractivity contribution < 1.29 is 19.5 Å². The Morgan fingerprint density at radius 2 is 1.84 bits per heavy atom. The molecule has 2 aromatic rings. The van der Waals surface area contributed by atoms with E-state index in [2.05, 4.69) is 22.8 Å². The molecule has 0 spiro atoms. The van der Waals surface area contributed by atoms with Gasteiger partial charge in [-0.15, -0.1) is 0 Å². The number of rotatable bonds is 10. The van der Waals surface area contributed by atoms with E-state index in [0.29, 0.717) is 50.1 Å². The summed E-state index contributed by atoms with van der Waals surface area (Å²) in [5, 5.41) is 15.9. The molecule has 2 amide bonds. The smallest absolute Gasteiger partial charge is 0.325 e. The first-order chi connectivity index (χ1) is 18.0. The Balaban J connectivity index is 1.26. The van der Waals surface area contributed by atoms with Gasteiger partial charge in [-0.2, -0.15) is 0 Å². The number of benzene rings is 1. The molecule has 0 radical (unpaired) electrons. The largest absolute Gasteiger partial charge is 0.480 e. The van der Waals surface area contributed by atoms with Crippen LogP contribution in [-0.4, -0.2) is 52.4 Å². The van der Waals surface area contributed by atoms with Crippen molar-refractivity contribution >= 4 is 23.5 Å². The van der Waals surface area contributed by atoms with Crippen LogP contribution in [0.4, 0.5) is 5.69 Å². The molecule has 1 fully saturated rings. The first-order valence-electron chi connectivity index (χ1n) is 13.6. The molecule has 2 aliphatic rings. The van der Waals surface area contributed by atoms with Crippen LogP contribution in [0.3, 0.4) is 0 Å². The van der Waals surface area contributed by atoms with Crippen molar-refractivity contribution in [1.29, 1.82) is 0 Å². The topological polar surface area (TPSA) is 112 Å². The van der Waals surface area contributed by atoms with Crippen LogP contribution in [0.15, 0.2) is 36.4 Å². The zero-order valence-electron chi connectivity index (χ0n) is 21.7. The quantitative estimate of drug-likeness (QED) is 0.422. The van der Waals surface area contributed by atoms with Gasteiger partial charge in [-0.3, -0.25) is 24.3 Å². The maximum atomic E-state index is 12.8. The molecule has 1 aliphatic heterocycles. The number of carboxylic acid groups (broad SMARTS) is 1. The molecule has 1 atom stereocenters. The van der Waals surface area contributed by atoms with Crippen molar-refractivity contribution in [3.8, 4) is 0 Å². The van der Waals surface area contributed by atoms with E-state index in [1.54, 1.807) is 31.2 Å². The van der Waals surface area contributed by atoms with Crippen LogP contribution in [0.2, 0.25) is 0 Å². The number of aliphatic carboxylic acids is 1. The van der Waals surface area contributed by atoms with Crippen molar-refractivity contribution in [1.82, 2.24) is 15.2 Å². The van der Waals surface area contributed by atoms with Gasteiger partial charge in [0.2, 0.25) is 11.8 Å². The molecule has 37 heavy (non-hydrogen) atoms. The van der Waals surface area contributed by atoms with Gasteiger partial charge in [-0.25, -0.2) is 0 Å². The SMILES string of the molecule is CCC(=O)Nc1ccccc1C(C(=O)O)N1CCC(C(=O)NCCCc2ccc3c(n2)CCCC3)CC1. The summed E-state index contributed by atoms with van der Waals surface area (Å²) in [6.45, 7) is 3.38. The molecule has 1 saturated heterocycles. The van der Waals surface area contributed by atoms with Gasteiger partial charge < -0.3 is 15.7 Å². The molecular formula is C29H38N4O4. The second-order valence-corrected chi connectivity index (χ2v) is 10.1. The molecular weight excluding hydrogens is 468 g/mol. The monoisotopic (exact) mass is 506 g/mol. The minimum atomic E-state index is -0.961. The fraction of sp³-hybridized carbons (Fsp3) is 0.517. The Kier molecular flexibility index (Phi) is 9.28. The second kappa shape index (κ2) is 12.8. The highest BCUT2D eigenvalue weighted by Crippen LogP contribution is 2.32. The van der Waals surface area contributed by atoms with E-state index in [-0.39, 0.29) is 17.7 Å². The van der Waals surface area contributed by atoms with Gasteiger partial charge in [0, 0.05) is 54.6 Å². The van der Waals surface area contributed by atoms with Gasteiger partial charge in [0.1, 0.15) is 6.04 Å². The highest BCUT2D eigenvalue weighted by Gasteiger charge is 2.34. The van der Waals surface area contributed by atoms with Crippen LogP contribution in [0.25, 0.3) is 0 Å². The third-order valence-electron chi connectivity index (χ3n) is 7.49. The van der Waals surface area contributed by atoms with Crippen molar-refractivity contribution in [3.63, 3.8) is 0 Å². The Morgan fingerprint density at radius 1 is 1.08 bits per heavy atom. The Morgan fingerprint density at radius 3 is 2.59 bits per heavy atom. The zero-order chi connectivity index (χ0) is 26.2. The number of piperidine rings is 1. The fourth-order valence-corrected chi connectivity index (χ4v) is 5.39. The van der Waals surface area contributed by atoms with E-state index in [1.807, 2.05) is 4.90 Å². The van der Waals surface area contributed by atoms with Gasteiger partial charge in [-0.1, -0.05) is 31.2 Å². The number of hydrogen-bond acceptors (Lipinski definition) is 5. The lowest BCUT2D eigenvalue weighted by Crippen LogP contribution is -2.44. The van der Waals surface area contributed by atoms with Crippen molar-refractivity contribution in [2.45, 2.75) is 70.8 Å². The summed E-state index contributed by atoms with van der Waals surface area (Å²) in [4.78, 5) is 43.7. The van der Waals surface area contributed by atoms with Crippen LogP contribution in [0.5, 0.6) is 0 Å². The first-order valence-corrected chi connectivity index (χ1v) is 13.6. The number of para-hydroxylation sites is 1. The number of aromatic nitrogens is 1. The number of pyridine rings is 1. The third kappa shape index (κ3) is 6.95. The molecule has 8 heteroatoms. The summed E-state index contributed by atoms with van der Waals surface area (Å²) in [5.74, 6) is -1.20. The number of likely N-dealkylation sites (tertiary alicyclic amines) is 1. The summed E-state index contributed by atoms with van der Waals surface area (Å²) in [7, 11) is 0. The summed E-state index contributed by atoms with van der Waals surface area (Å²) in [6.07, 6.45) is 7.88. The van der Waals surface area contributed by atoms with Crippen LogP contribution in [-0.2, 0) is 33.6 Å². The van der Waals surface area contributed by atoms with Crippen LogP contribution < -0.4 is 10.6 Å². The number of carboxylic acids is 1. The third-order valence-corrected chi connectivity index (χ3v) is 7.49. The maximum Gasteiger partial charge on any atom is 0.325 e. The molecule has 1 aromatic carbocycles. The van der Waals surface area contributed by atoms with E-state index in [9.17, 15) is 19.5 Å². The number of nitrogens with one attached hydrogen (secondary N) is 2. The molecule has 1 aliphatic carbocycles. The highest BCUT2D eigenvalue weighted by atomic mass is 16.4. The molecule has 1 aromatic heterocycles. The molecule has 198 valence electrons. The van der Waals surface area contributed by atoms with Crippen molar-refractivity contribution in [2.24, 2.45) is 5.92 Å². The fourth-order valence-electron chi connectivity index (χ4n) is 5.39. The Bertz CT molecular complexity index is 1110. The number of hydrogen-bond donors (Lipinski definition) is 3. The number of anilines is 1. The second-order valence-electron chi connectivity index (χ2n) is 10.1. The predicted octanol–water partition coefficient (Wildman–Crippen LogP) is 3.90. The molecule has 0 saturated carbocycles. The number of carbonyl (C=O) groups excluding carboxylic acids is 2. The summed E-state index contributed by atoms with van der Waals surface area (Å²) in [6, 6.07) is 10.5. The van der Waals surface area contributed by atoms with E-state index in [1.165, 1.54) is 24.1 Å². The minimum absolute atomic E-state index is 0.0422. The Hall–Kier alpha value is -3.26. The van der Waals surface area contributed by atoms with E-state index < -0.39 is 12.0 Å². The maximum absolute atomic E-state index is 12.8. The summed E-state index contributed by atoms with van der Waals surface area (Å²) < 4.78 is 0. The van der Waals surface area contributed by atoms with Crippen molar-refractivity contribution in [3.05, 3.63) is 58.9 Å². The van der Waals surface area contributed by atoms with Crippen LogP contribution >= 0.6 is 0 Å². The number of amides is 2. The van der Waals surface area contributed by atoms with Crippen LogP contribution in [0.1, 0.15) is 74.0 Å². The average Bonchev–Trinajstić information content (AvgIpc) is 2.92. The molecule has 4 rings (SSSR count). The average molecular weight is 507 g/mol. The minimum Gasteiger partial charge on any atom is -0.480 e. The predicted molar refractivity (Wildman–Crippen MR) is 142 cm³/mol. The van der Waals surface area contributed by atoms with Gasteiger partial charge in [0.05, 0.1) is 0 Å². The molecule has 8 nitrogen and oxygen atoms in total. The highest BCUT2D eigenvalue weighted by molar-refractivity contribution is 5.92. The number of nitrogens with zero attached hydrogens (tertiary/aromatic N) is 2. The number of aryl methyl sites for hydroxylation is 3. The molecule has 1 unspecified atom stereocenters. The Labute approximate surface area is 218 Å². The first kappa shape index (κ1) is 26.8. The van der Waals surface area contributed by atoms with E-state index in [0.717, 1.165) is 31.4 Å². The number of carbonyl (C=O) groups is 3. The van der Waals surface area contributed by atoms with E-state index >= 15 is 0 Å².